The largest absolute Gasteiger partial charge is 0.371 e. The van der Waals surface area contributed by atoms with E-state index in [-0.39, 0.29) is 5.91 Å². The van der Waals surface area contributed by atoms with E-state index in [1.165, 1.54) is 12.8 Å². The molecule has 1 saturated carbocycles. The van der Waals surface area contributed by atoms with Gasteiger partial charge in [0.25, 0.3) is 5.91 Å². The maximum atomic E-state index is 12.6. The zero-order valence-corrected chi connectivity index (χ0v) is 13.2. The number of pyridine rings is 1. The molecular formula is C17H20N4O2. The van der Waals surface area contributed by atoms with E-state index in [1.807, 2.05) is 19.1 Å². The molecule has 1 aliphatic heterocycles. The van der Waals surface area contributed by atoms with Crippen molar-refractivity contribution in [2.75, 3.05) is 23.3 Å². The Morgan fingerprint density at radius 2 is 2.13 bits per heavy atom. The predicted molar refractivity (Wildman–Crippen MR) is 86.9 cm³/mol. The Kier molecular flexibility index (Phi) is 3.52. The Labute approximate surface area is 134 Å². The Bertz CT molecular complexity index is 730. The summed E-state index contributed by atoms with van der Waals surface area (Å²) in [6, 6.07) is 3.82. The zero-order chi connectivity index (χ0) is 15.8. The van der Waals surface area contributed by atoms with Gasteiger partial charge in [-0.15, -0.1) is 0 Å². The molecule has 2 fully saturated rings. The molecule has 1 aliphatic carbocycles. The Hall–Kier alpha value is -2.37. The number of hydrogen-bond donors (Lipinski definition) is 1. The summed E-state index contributed by atoms with van der Waals surface area (Å²) in [7, 11) is 0. The fourth-order valence-electron chi connectivity index (χ4n) is 3.06. The first kappa shape index (κ1) is 14.2. The van der Waals surface area contributed by atoms with Gasteiger partial charge in [0, 0.05) is 30.9 Å². The summed E-state index contributed by atoms with van der Waals surface area (Å²) in [6.45, 7) is 3.93. The van der Waals surface area contributed by atoms with E-state index in [9.17, 15) is 4.79 Å². The average Bonchev–Trinajstić information content (AvgIpc) is 3.13. The minimum absolute atomic E-state index is 0.209. The third-order valence-electron chi connectivity index (χ3n) is 4.52. The van der Waals surface area contributed by atoms with E-state index in [1.54, 1.807) is 6.20 Å². The van der Waals surface area contributed by atoms with Crippen molar-refractivity contribution in [1.29, 1.82) is 0 Å². The molecule has 120 valence electrons. The van der Waals surface area contributed by atoms with Crippen LogP contribution in [0, 0.1) is 6.92 Å². The smallest absolute Gasteiger partial charge is 0.274 e. The van der Waals surface area contributed by atoms with Crippen LogP contribution in [0.3, 0.4) is 0 Å². The lowest BCUT2D eigenvalue weighted by atomic mass is 10.2. The van der Waals surface area contributed by atoms with Crippen molar-refractivity contribution < 1.29 is 9.32 Å². The number of amides is 1. The first-order valence-corrected chi connectivity index (χ1v) is 8.21. The van der Waals surface area contributed by atoms with Gasteiger partial charge in [-0.2, -0.15) is 0 Å². The van der Waals surface area contributed by atoms with Crippen molar-refractivity contribution in [1.82, 2.24) is 10.1 Å². The highest BCUT2D eigenvalue weighted by atomic mass is 16.5. The first-order valence-electron chi connectivity index (χ1n) is 8.21. The molecule has 0 spiro atoms. The Morgan fingerprint density at radius 3 is 2.87 bits per heavy atom. The molecule has 23 heavy (non-hydrogen) atoms. The van der Waals surface area contributed by atoms with Gasteiger partial charge in [-0.1, -0.05) is 5.16 Å². The monoisotopic (exact) mass is 312 g/mol. The number of anilines is 2. The second kappa shape index (κ2) is 5.68. The average molecular weight is 312 g/mol. The number of nitrogens with zero attached hydrogens (tertiary/aromatic N) is 3. The number of aromatic nitrogens is 2. The lowest BCUT2D eigenvalue weighted by molar-refractivity contribution is 0.102. The van der Waals surface area contributed by atoms with Crippen molar-refractivity contribution in [2.45, 2.75) is 38.5 Å². The topological polar surface area (TPSA) is 71.3 Å². The van der Waals surface area contributed by atoms with Crippen molar-refractivity contribution >= 4 is 17.3 Å². The number of carbonyl (C=O) groups excluding carboxylic acids is 1. The number of rotatable bonds is 4. The van der Waals surface area contributed by atoms with Gasteiger partial charge in [-0.25, -0.2) is 0 Å². The van der Waals surface area contributed by atoms with Crippen molar-refractivity contribution in [3.05, 3.63) is 35.5 Å². The van der Waals surface area contributed by atoms with Gasteiger partial charge in [0.15, 0.2) is 5.76 Å². The highest BCUT2D eigenvalue weighted by Gasteiger charge is 2.32. The third kappa shape index (κ3) is 2.81. The molecular weight excluding hydrogens is 292 g/mol. The van der Waals surface area contributed by atoms with Gasteiger partial charge in [0.05, 0.1) is 0 Å². The summed E-state index contributed by atoms with van der Waals surface area (Å²) in [5.41, 5.74) is 2.92. The van der Waals surface area contributed by atoms with Gasteiger partial charge >= 0.3 is 0 Å². The normalized spacial score (nSPS) is 17.5. The van der Waals surface area contributed by atoms with Crippen LogP contribution in [-0.4, -0.2) is 29.1 Å². The second-order valence-corrected chi connectivity index (χ2v) is 6.33. The zero-order valence-electron chi connectivity index (χ0n) is 13.2. The van der Waals surface area contributed by atoms with Gasteiger partial charge < -0.3 is 14.7 Å². The molecule has 2 aromatic heterocycles. The van der Waals surface area contributed by atoms with E-state index in [4.69, 9.17) is 4.52 Å². The molecule has 6 nitrogen and oxygen atoms in total. The van der Waals surface area contributed by atoms with Gasteiger partial charge in [-0.3, -0.25) is 9.78 Å². The summed E-state index contributed by atoms with van der Waals surface area (Å²) >= 11 is 0. The van der Waals surface area contributed by atoms with E-state index in [0.29, 0.717) is 17.3 Å². The Morgan fingerprint density at radius 1 is 1.35 bits per heavy atom. The molecule has 0 bridgehead atoms. The van der Waals surface area contributed by atoms with Gasteiger partial charge in [0.1, 0.15) is 17.1 Å². The Balaban J connectivity index is 1.55. The van der Waals surface area contributed by atoms with E-state index >= 15 is 0 Å². The molecule has 3 heterocycles. The highest BCUT2D eigenvalue weighted by Crippen LogP contribution is 2.44. The number of hydrogen-bond acceptors (Lipinski definition) is 5. The fraction of sp³-hybridized carbons (Fsp3) is 0.471. The van der Waals surface area contributed by atoms with Crippen LogP contribution >= 0.6 is 0 Å². The van der Waals surface area contributed by atoms with Crippen molar-refractivity contribution in [3.8, 4) is 0 Å². The molecule has 0 radical (unpaired) electrons. The number of aryl methyl sites for hydroxylation is 1. The maximum absolute atomic E-state index is 12.6. The van der Waals surface area contributed by atoms with E-state index in [0.717, 1.165) is 43.1 Å². The molecule has 1 amide bonds. The SMILES string of the molecule is Cc1noc(C2CC2)c1NC(=O)c1cc(N2CCCC2)ccn1. The summed E-state index contributed by atoms with van der Waals surface area (Å²) in [6.07, 6.45) is 6.30. The molecule has 6 heteroatoms. The summed E-state index contributed by atoms with van der Waals surface area (Å²) in [4.78, 5) is 19.1. The fourth-order valence-corrected chi connectivity index (χ4v) is 3.06. The van der Waals surface area contributed by atoms with Crippen LogP contribution in [-0.2, 0) is 0 Å². The predicted octanol–water partition coefficient (Wildman–Crippen LogP) is 3.11. The van der Waals surface area contributed by atoms with E-state index < -0.39 is 0 Å². The van der Waals surface area contributed by atoms with Gasteiger partial charge in [0.2, 0.25) is 0 Å². The minimum Gasteiger partial charge on any atom is -0.371 e. The molecule has 2 aromatic rings. The van der Waals surface area contributed by atoms with Gasteiger partial charge in [-0.05, 0) is 44.7 Å². The summed E-state index contributed by atoms with van der Waals surface area (Å²) in [5, 5.41) is 6.92. The van der Waals surface area contributed by atoms with Crippen molar-refractivity contribution in [2.24, 2.45) is 0 Å². The molecule has 1 saturated heterocycles. The molecule has 1 N–H and O–H groups in total. The third-order valence-corrected chi connectivity index (χ3v) is 4.52. The van der Waals surface area contributed by atoms with Crippen LogP contribution in [0.4, 0.5) is 11.4 Å². The van der Waals surface area contributed by atoms with Crippen LogP contribution in [0.1, 0.15) is 53.5 Å². The number of carbonyl (C=O) groups is 1. The van der Waals surface area contributed by atoms with Crippen LogP contribution in [0.5, 0.6) is 0 Å². The number of nitrogens with one attached hydrogen (secondary N) is 1. The van der Waals surface area contributed by atoms with Crippen LogP contribution < -0.4 is 10.2 Å². The summed E-state index contributed by atoms with van der Waals surface area (Å²) < 4.78 is 5.37. The highest BCUT2D eigenvalue weighted by molar-refractivity contribution is 6.04. The minimum atomic E-state index is -0.209. The molecule has 0 unspecified atom stereocenters. The molecule has 0 atom stereocenters. The molecule has 4 rings (SSSR count). The lowest BCUT2D eigenvalue weighted by Gasteiger charge is -2.17. The second-order valence-electron chi connectivity index (χ2n) is 6.33. The van der Waals surface area contributed by atoms with E-state index in [2.05, 4.69) is 20.4 Å². The standard InChI is InChI=1S/C17H20N4O2/c1-11-15(16(23-20-11)12-4-5-12)19-17(22)14-10-13(6-7-18-14)21-8-2-3-9-21/h6-7,10,12H,2-5,8-9H2,1H3,(H,19,22). The molecule has 2 aliphatic rings. The van der Waals surface area contributed by atoms with Crippen LogP contribution in [0.2, 0.25) is 0 Å². The molecule has 0 aromatic carbocycles. The first-order chi connectivity index (χ1) is 11.2. The maximum Gasteiger partial charge on any atom is 0.274 e. The van der Waals surface area contributed by atoms with Crippen LogP contribution in [0.25, 0.3) is 0 Å². The quantitative estimate of drug-likeness (QED) is 0.939. The summed E-state index contributed by atoms with van der Waals surface area (Å²) in [5.74, 6) is 0.987. The van der Waals surface area contributed by atoms with Crippen molar-refractivity contribution in [3.63, 3.8) is 0 Å². The van der Waals surface area contributed by atoms with Crippen LogP contribution in [0.15, 0.2) is 22.9 Å². The lowest BCUT2D eigenvalue weighted by Crippen LogP contribution is -2.20.